The standard InChI is InChI=1S/C21H25FN2O3/c1-26-20-10-9-18(24-11-13-27-14-12-24)15-19(20)23-21(25)4-2-3-16-5-7-17(22)8-6-16/h5-10,15H,2-4,11-14H2,1H3,(H,23,25). The van der Waals surface area contributed by atoms with Gasteiger partial charge in [0.2, 0.25) is 5.91 Å². The van der Waals surface area contributed by atoms with Crippen LogP contribution in [0.4, 0.5) is 15.8 Å². The smallest absolute Gasteiger partial charge is 0.224 e. The number of aryl methyl sites for hydroxylation is 1. The Morgan fingerprint density at radius 1 is 1.19 bits per heavy atom. The number of nitrogens with one attached hydrogen (secondary N) is 1. The fourth-order valence-electron chi connectivity index (χ4n) is 3.13. The van der Waals surface area contributed by atoms with Crippen LogP contribution >= 0.6 is 0 Å². The van der Waals surface area contributed by atoms with Gasteiger partial charge in [-0.2, -0.15) is 0 Å². The predicted molar refractivity (Wildman–Crippen MR) is 104 cm³/mol. The number of morpholine rings is 1. The molecule has 27 heavy (non-hydrogen) atoms. The van der Waals surface area contributed by atoms with E-state index in [0.29, 0.717) is 37.5 Å². The first-order valence-corrected chi connectivity index (χ1v) is 9.21. The molecule has 0 bridgehead atoms. The molecular weight excluding hydrogens is 347 g/mol. The fraction of sp³-hybridized carbons (Fsp3) is 0.381. The molecule has 2 aromatic rings. The van der Waals surface area contributed by atoms with Crippen molar-refractivity contribution in [2.75, 3.05) is 43.6 Å². The molecule has 5 nitrogen and oxygen atoms in total. The number of ether oxygens (including phenoxy) is 2. The van der Waals surface area contributed by atoms with Crippen LogP contribution in [0.25, 0.3) is 0 Å². The zero-order valence-electron chi connectivity index (χ0n) is 15.5. The molecule has 1 saturated heterocycles. The Labute approximate surface area is 159 Å². The van der Waals surface area contributed by atoms with Gasteiger partial charge in [-0.1, -0.05) is 12.1 Å². The van der Waals surface area contributed by atoms with Crippen molar-refractivity contribution >= 4 is 17.3 Å². The maximum atomic E-state index is 12.9. The largest absolute Gasteiger partial charge is 0.495 e. The van der Waals surface area contributed by atoms with Gasteiger partial charge in [-0.25, -0.2) is 4.39 Å². The molecule has 6 heteroatoms. The van der Waals surface area contributed by atoms with Gasteiger partial charge >= 0.3 is 0 Å². The number of hydrogen-bond donors (Lipinski definition) is 1. The molecule has 1 heterocycles. The number of methoxy groups -OCH3 is 1. The van der Waals surface area contributed by atoms with Crippen LogP contribution in [0.15, 0.2) is 42.5 Å². The van der Waals surface area contributed by atoms with Crippen molar-refractivity contribution in [3.8, 4) is 5.75 Å². The summed E-state index contributed by atoms with van der Waals surface area (Å²) >= 11 is 0. The predicted octanol–water partition coefficient (Wildman–Crippen LogP) is 3.63. The molecule has 0 saturated carbocycles. The normalized spacial score (nSPS) is 14.1. The molecule has 0 atom stereocenters. The zero-order valence-corrected chi connectivity index (χ0v) is 15.5. The zero-order chi connectivity index (χ0) is 19.1. The first kappa shape index (κ1) is 19.2. The number of halogens is 1. The highest BCUT2D eigenvalue weighted by atomic mass is 19.1. The molecule has 1 amide bonds. The lowest BCUT2D eigenvalue weighted by molar-refractivity contribution is -0.116. The van der Waals surface area contributed by atoms with Crippen molar-refractivity contribution in [3.05, 3.63) is 53.8 Å². The fourth-order valence-corrected chi connectivity index (χ4v) is 3.13. The molecule has 1 N–H and O–H groups in total. The number of anilines is 2. The number of amides is 1. The highest BCUT2D eigenvalue weighted by molar-refractivity contribution is 5.93. The number of benzene rings is 2. The van der Waals surface area contributed by atoms with E-state index in [1.54, 1.807) is 19.2 Å². The summed E-state index contributed by atoms with van der Waals surface area (Å²) in [5.74, 6) is 0.331. The highest BCUT2D eigenvalue weighted by Gasteiger charge is 2.14. The average molecular weight is 372 g/mol. The number of hydrogen-bond acceptors (Lipinski definition) is 4. The SMILES string of the molecule is COc1ccc(N2CCOCC2)cc1NC(=O)CCCc1ccc(F)cc1. The van der Waals surface area contributed by atoms with Gasteiger partial charge in [0.25, 0.3) is 0 Å². The lowest BCUT2D eigenvalue weighted by Gasteiger charge is -2.29. The summed E-state index contributed by atoms with van der Waals surface area (Å²) in [6.07, 6.45) is 1.82. The molecule has 0 unspecified atom stereocenters. The van der Waals surface area contributed by atoms with Crippen LogP contribution in [-0.4, -0.2) is 39.3 Å². The number of rotatable bonds is 7. The van der Waals surface area contributed by atoms with Crippen molar-refractivity contribution in [2.24, 2.45) is 0 Å². The van der Waals surface area contributed by atoms with Gasteiger partial charge in [-0.05, 0) is 48.7 Å². The van der Waals surface area contributed by atoms with E-state index < -0.39 is 0 Å². The Morgan fingerprint density at radius 3 is 2.63 bits per heavy atom. The van der Waals surface area contributed by atoms with Crippen LogP contribution in [0, 0.1) is 5.82 Å². The number of carbonyl (C=O) groups excluding carboxylic acids is 1. The minimum atomic E-state index is -0.247. The van der Waals surface area contributed by atoms with Gasteiger partial charge in [0.05, 0.1) is 26.0 Å². The molecule has 1 fully saturated rings. The third kappa shape index (κ3) is 5.44. The summed E-state index contributed by atoms with van der Waals surface area (Å²) in [6.45, 7) is 3.07. The van der Waals surface area contributed by atoms with Crippen molar-refractivity contribution in [2.45, 2.75) is 19.3 Å². The lowest BCUT2D eigenvalue weighted by Crippen LogP contribution is -2.36. The van der Waals surface area contributed by atoms with E-state index in [9.17, 15) is 9.18 Å². The molecule has 1 aliphatic rings. The highest BCUT2D eigenvalue weighted by Crippen LogP contribution is 2.30. The van der Waals surface area contributed by atoms with Crippen LogP contribution < -0.4 is 15.0 Å². The summed E-state index contributed by atoms with van der Waals surface area (Å²) < 4.78 is 23.7. The van der Waals surface area contributed by atoms with E-state index >= 15 is 0 Å². The van der Waals surface area contributed by atoms with Gasteiger partial charge in [0, 0.05) is 25.2 Å². The monoisotopic (exact) mass is 372 g/mol. The lowest BCUT2D eigenvalue weighted by atomic mass is 10.1. The molecule has 0 spiro atoms. The third-order valence-corrected chi connectivity index (χ3v) is 4.62. The molecule has 144 valence electrons. The Balaban J connectivity index is 1.57. The van der Waals surface area contributed by atoms with Crippen molar-refractivity contribution in [1.29, 1.82) is 0 Å². The van der Waals surface area contributed by atoms with Crippen molar-refractivity contribution in [3.63, 3.8) is 0 Å². The van der Waals surface area contributed by atoms with E-state index in [-0.39, 0.29) is 11.7 Å². The van der Waals surface area contributed by atoms with Crippen LogP contribution in [-0.2, 0) is 16.0 Å². The molecular formula is C21H25FN2O3. The second kappa shape index (κ2) is 9.37. The van der Waals surface area contributed by atoms with E-state index in [0.717, 1.165) is 30.8 Å². The van der Waals surface area contributed by atoms with E-state index in [2.05, 4.69) is 10.2 Å². The summed E-state index contributed by atoms with van der Waals surface area (Å²) in [5.41, 5.74) is 2.74. The second-order valence-corrected chi connectivity index (χ2v) is 6.51. The first-order chi connectivity index (χ1) is 13.2. The van der Waals surface area contributed by atoms with Crippen LogP contribution in [0.1, 0.15) is 18.4 Å². The molecule has 0 radical (unpaired) electrons. The maximum absolute atomic E-state index is 12.9. The van der Waals surface area contributed by atoms with E-state index in [4.69, 9.17) is 9.47 Å². The number of carbonyl (C=O) groups is 1. The Bertz CT molecular complexity index is 759. The third-order valence-electron chi connectivity index (χ3n) is 4.62. The summed E-state index contributed by atoms with van der Waals surface area (Å²) in [7, 11) is 1.59. The van der Waals surface area contributed by atoms with Gasteiger partial charge in [-0.15, -0.1) is 0 Å². The van der Waals surface area contributed by atoms with E-state index in [1.807, 2.05) is 18.2 Å². The van der Waals surface area contributed by atoms with Crippen LogP contribution in [0.5, 0.6) is 5.75 Å². The van der Waals surface area contributed by atoms with E-state index in [1.165, 1.54) is 12.1 Å². The van der Waals surface area contributed by atoms with Gasteiger partial charge in [0.1, 0.15) is 11.6 Å². The first-order valence-electron chi connectivity index (χ1n) is 9.21. The minimum Gasteiger partial charge on any atom is -0.495 e. The maximum Gasteiger partial charge on any atom is 0.224 e. The van der Waals surface area contributed by atoms with Gasteiger partial charge in [0.15, 0.2) is 0 Å². The molecule has 2 aromatic carbocycles. The summed E-state index contributed by atoms with van der Waals surface area (Å²) in [6, 6.07) is 12.2. The molecule has 1 aliphatic heterocycles. The topological polar surface area (TPSA) is 50.8 Å². The molecule has 0 aromatic heterocycles. The van der Waals surface area contributed by atoms with Gasteiger partial charge < -0.3 is 19.7 Å². The summed E-state index contributed by atoms with van der Waals surface area (Å²) in [5, 5.41) is 2.95. The Morgan fingerprint density at radius 2 is 1.93 bits per heavy atom. The van der Waals surface area contributed by atoms with Gasteiger partial charge in [-0.3, -0.25) is 4.79 Å². The van der Waals surface area contributed by atoms with Crippen LogP contribution in [0.2, 0.25) is 0 Å². The minimum absolute atomic E-state index is 0.0606. The Hall–Kier alpha value is -2.60. The number of nitrogens with zero attached hydrogens (tertiary/aromatic N) is 1. The average Bonchev–Trinajstić information content (AvgIpc) is 2.70. The molecule has 0 aliphatic carbocycles. The van der Waals surface area contributed by atoms with Crippen molar-refractivity contribution in [1.82, 2.24) is 0 Å². The quantitative estimate of drug-likeness (QED) is 0.806. The Kier molecular flexibility index (Phi) is 6.65. The molecule has 3 rings (SSSR count). The summed E-state index contributed by atoms with van der Waals surface area (Å²) in [4.78, 5) is 14.6. The van der Waals surface area contributed by atoms with Crippen molar-refractivity contribution < 1.29 is 18.7 Å². The van der Waals surface area contributed by atoms with Crippen LogP contribution in [0.3, 0.4) is 0 Å². The second-order valence-electron chi connectivity index (χ2n) is 6.51.